The SMILES string of the molecule is CCc1cccc(NC(N)=NCCCO)c1. The fraction of sp³-hybridized carbons (Fsp3) is 0.417. The highest BCUT2D eigenvalue weighted by molar-refractivity contribution is 5.92. The van der Waals surface area contributed by atoms with Crippen LogP contribution in [0.15, 0.2) is 29.3 Å². The van der Waals surface area contributed by atoms with Crippen molar-refractivity contribution in [3.8, 4) is 0 Å². The van der Waals surface area contributed by atoms with Crippen molar-refractivity contribution in [2.24, 2.45) is 10.7 Å². The molecule has 0 aliphatic heterocycles. The van der Waals surface area contributed by atoms with Gasteiger partial charge in [-0.25, -0.2) is 0 Å². The first-order chi connectivity index (χ1) is 7.76. The van der Waals surface area contributed by atoms with Crippen molar-refractivity contribution in [1.82, 2.24) is 0 Å². The number of aliphatic imine (C=N–C) groups is 1. The highest BCUT2D eigenvalue weighted by atomic mass is 16.3. The first-order valence-corrected chi connectivity index (χ1v) is 5.53. The number of guanidine groups is 1. The van der Waals surface area contributed by atoms with E-state index in [4.69, 9.17) is 10.8 Å². The highest BCUT2D eigenvalue weighted by Gasteiger charge is 1.95. The summed E-state index contributed by atoms with van der Waals surface area (Å²) in [4.78, 5) is 4.09. The van der Waals surface area contributed by atoms with Crippen LogP contribution in [0.2, 0.25) is 0 Å². The van der Waals surface area contributed by atoms with Crippen molar-refractivity contribution in [3.05, 3.63) is 29.8 Å². The smallest absolute Gasteiger partial charge is 0.193 e. The second-order valence-corrected chi connectivity index (χ2v) is 3.52. The summed E-state index contributed by atoms with van der Waals surface area (Å²) in [5.41, 5.74) is 7.90. The maximum atomic E-state index is 8.61. The first-order valence-electron chi connectivity index (χ1n) is 5.53. The molecule has 88 valence electrons. The number of aliphatic hydroxyl groups is 1. The quantitative estimate of drug-likeness (QED) is 0.399. The van der Waals surface area contributed by atoms with Crippen LogP contribution in [0.1, 0.15) is 18.9 Å². The molecule has 0 bridgehead atoms. The molecule has 0 amide bonds. The molecule has 0 unspecified atom stereocenters. The predicted molar refractivity (Wildman–Crippen MR) is 67.6 cm³/mol. The van der Waals surface area contributed by atoms with Crippen LogP contribution >= 0.6 is 0 Å². The summed E-state index contributed by atoms with van der Waals surface area (Å²) < 4.78 is 0. The van der Waals surface area contributed by atoms with Gasteiger partial charge in [0.2, 0.25) is 0 Å². The molecule has 0 atom stereocenters. The van der Waals surface area contributed by atoms with Gasteiger partial charge < -0.3 is 16.2 Å². The van der Waals surface area contributed by atoms with Gasteiger partial charge >= 0.3 is 0 Å². The molecule has 1 aromatic carbocycles. The zero-order valence-electron chi connectivity index (χ0n) is 9.61. The number of nitrogens with one attached hydrogen (secondary N) is 1. The van der Waals surface area contributed by atoms with Gasteiger partial charge in [0, 0.05) is 18.8 Å². The van der Waals surface area contributed by atoms with Crippen molar-refractivity contribution >= 4 is 11.6 Å². The van der Waals surface area contributed by atoms with E-state index in [2.05, 4.69) is 29.4 Å². The molecule has 0 aromatic heterocycles. The van der Waals surface area contributed by atoms with E-state index in [9.17, 15) is 0 Å². The van der Waals surface area contributed by atoms with E-state index in [0.717, 1.165) is 12.1 Å². The third-order valence-corrected chi connectivity index (χ3v) is 2.21. The van der Waals surface area contributed by atoms with E-state index in [1.807, 2.05) is 12.1 Å². The summed E-state index contributed by atoms with van der Waals surface area (Å²) in [5.74, 6) is 0.390. The Morgan fingerprint density at radius 1 is 1.50 bits per heavy atom. The average molecular weight is 221 g/mol. The largest absolute Gasteiger partial charge is 0.396 e. The number of hydrogen-bond acceptors (Lipinski definition) is 2. The molecule has 0 saturated heterocycles. The summed E-state index contributed by atoms with van der Waals surface area (Å²) in [6.07, 6.45) is 1.63. The van der Waals surface area contributed by atoms with Crippen LogP contribution in [-0.2, 0) is 6.42 Å². The van der Waals surface area contributed by atoms with Crippen molar-refractivity contribution in [1.29, 1.82) is 0 Å². The van der Waals surface area contributed by atoms with Gasteiger partial charge in [-0.3, -0.25) is 4.99 Å². The Hall–Kier alpha value is -1.55. The minimum absolute atomic E-state index is 0.141. The molecule has 0 heterocycles. The topological polar surface area (TPSA) is 70.6 Å². The van der Waals surface area contributed by atoms with Crippen LogP contribution in [0, 0.1) is 0 Å². The molecule has 0 fully saturated rings. The molecule has 0 aliphatic rings. The van der Waals surface area contributed by atoms with Crippen molar-refractivity contribution < 1.29 is 5.11 Å². The molecule has 0 radical (unpaired) electrons. The number of nitrogens with two attached hydrogens (primary N) is 1. The molecule has 16 heavy (non-hydrogen) atoms. The van der Waals surface area contributed by atoms with Crippen LogP contribution in [0.5, 0.6) is 0 Å². The molecule has 1 aromatic rings. The van der Waals surface area contributed by atoms with E-state index in [-0.39, 0.29) is 6.61 Å². The fourth-order valence-electron chi connectivity index (χ4n) is 1.33. The summed E-state index contributed by atoms with van der Waals surface area (Å²) in [5, 5.41) is 11.6. The number of benzene rings is 1. The summed E-state index contributed by atoms with van der Waals surface area (Å²) in [6, 6.07) is 8.06. The molecule has 0 saturated carbocycles. The van der Waals surface area contributed by atoms with E-state index in [0.29, 0.717) is 18.9 Å². The van der Waals surface area contributed by atoms with Gasteiger partial charge in [0.05, 0.1) is 0 Å². The number of aryl methyl sites for hydroxylation is 1. The molecule has 1 rings (SSSR count). The minimum Gasteiger partial charge on any atom is -0.396 e. The number of hydrogen-bond donors (Lipinski definition) is 3. The fourth-order valence-corrected chi connectivity index (χ4v) is 1.33. The summed E-state index contributed by atoms with van der Waals surface area (Å²) in [6.45, 7) is 2.79. The lowest BCUT2D eigenvalue weighted by atomic mass is 10.1. The summed E-state index contributed by atoms with van der Waals surface area (Å²) in [7, 11) is 0. The molecule has 4 nitrogen and oxygen atoms in total. The number of nitrogens with zero attached hydrogens (tertiary/aromatic N) is 1. The van der Waals surface area contributed by atoms with E-state index in [1.165, 1.54) is 5.56 Å². The lowest BCUT2D eigenvalue weighted by molar-refractivity contribution is 0.291. The zero-order chi connectivity index (χ0) is 11.8. The van der Waals surface area contributed by atoms with Gasteiger partial charge in [0.15, 0.2) is 5.96 Å². The molecular weight excluding hydrogens is 202 g/mol. The van der Waals surface area contributed by atoms with Gasteiger partial charge in [-0.2, -0.15) is 0 Å². The zero-order valence-corrected chi connectivity index (χ0v) is 9.61. The second kappa shape index (κ2) is 6.85. The van der Waals surface area contributed by atoms with Gasteiger partial charge in [0.1, 0.15) is 0 Å². The van der Waals surface area contributed by atoms with Crippen molar-refractivity contribution in [3.63, 3.8) is 0 Å². The Balaban J connectivity index is 2.54. The lowest BCUT2D eigenvalue weighted by Gasteiger charge is -2.06. The van der Waals surface area contributed by atoms with Crippen LogP contribution in [0.4, 0.5) is 5.69 Å². The average Bonchev–Trinajstić information content (AvgIpc) is 2.29. The Morgan fingerprint density at radius 2 is 2.31 bits per heavy atom. The predicted octanol–water partition coefficient (Wildman–Crippen LogP) is 1.36. The van der Waals surface area contributed by atoms with Crippen LogP contribution in [0.25, 0.3) is 0 Å². The molecule has 0 spiro atoms. The molecule has 4 N–H and O–H groups in total. The third kappa shape index (κ3) is 4.31. The lowest BCUT2D eigenvalue weighted by Crippen LogP contribution is -2.23. The Morgan fingerprint density at radius 3 is 3.00 bits per heavy atom. The van der Waals surface area contributed by atoms with Gasteiger partial charge in [-0.1, -0.05) is 19.1 Å². The monoisotopic (exact) mass is 221 g/mol. The van der Waals surface area contributed by atoms with Crippen LogP contribution in [-0.4, -0.2) is 24.2 Å². The summed E-state index contributed by atoms with van der Waals surface area (Å²) >= 11 is 0. The number of rotatable bonds is 5. The third-order valence-electron chi connectivity index (χ3n) is 2.21. The maximum Gasteiger partial charge on any atom is 0.193 e. The maximum absolute atomic E-state index is 8.61. The van der Waals surface area contributed by atoms with E-state index in [1.54, 1.807) is 0 Å². The van der Waals surface area contributed by atoms with Gasteiger partial charge in [-0.15, -0.1) is 0 Å². The Labute approximate surface area is 96.2 Å². The second-order valence-electron chi connectivity index (χ2n) is 3.52. The Kier molecular flexibility index (Phi) is 5.36. The van der Waals surface area contributed by atoms with Crippen LogP contribution in [0.3, 0.4) is 0 Å². The molecule has 0 aliphatic carbocycles. The molecular formula is C12H19N3O. The number of aliphatic hydroxyl groups excluding tert-OH is 1. The van der Waals surface area contributed by atoms with Crippen molar-refractivity contribution in [2.45, 2.75) is 19.8 Å². The molecule has 4 heteroatoms. The van der Waals surface area contributed by atoms with Crippen molar-refractivity contribution in [2.75, 3.05) is 18.5 Å². The minimum atomic E-state index is 0.141. The van der Waals surface area contributed by atoms with E-state index < -0.39 is 0 Å². The van der Waals surface area contributed by atoms with Gasteiger partial charge in [0.25, 0.3) is 0 Å². The van der Waals surface area contributed by atoms with E-state index >= 15 is 0 Å². The number of anilines is 1. The standard InChI is InChI=1S/C12H19N3O/c1-2-10-5-3-6-11(9-10)15-12(13)14-7-4-8-16/h3,5-6,9,16H,2,4,7-8H2,1H3,(H3,13,14,15). The van der Waals surface area contributed by atoms with Gasteiger partial charge in [-0.05, 0) is 30.5 Å². The normalized spacial score (nSPS) is 11.5. The Bertz CT molecular complexity index is 350. The first kappa shape index (κ1) is 12.5. The highest BCUT2D eigenvalue weighted by Crippen LogP contribution is 2.10. The van der Waals surface area contributed by atoms with Crippen LogP contribution < -0.4 is 11.1 Å².